The molecule has 4 nitrogen and oxygen atoms in total. The highest BCUT2D eigenvalue weighted by molar-refractivity contribution is 9.10. The molecule has 0 bridgehead atoms. The maximum atomic E-state index is 9.51. The van der Waals surface area contributed by atoms with E-state index in [2.05, 4.69) is 21.2 Å². The van der Waals surface area contributed by atoms with Crippen LogP contribution < -0.4 is 10.1 Å². The lowest BCUT2D eigenvalue weighted by Crippen LogP contribution is -2.26. The van der Waals surface area contributed by atoms with Crippen molar-refractivity contribution in [3.8, 4) is 5.75 Å². The Morgan fingerprint density at radius 2 is 2.11 bits per heavy atom. The molecule has 2 atom stereocenters. The first kappa shape index (κ1) is 16.4. The minimum atomic E-state index is -0.502. The second-order valence-corrected chi connectivity index (χ2v) is 5.40. The van der Waals surface area contributed by atoms with Gasteiger partial charge in [-0.1, -0.05) is 15.9 Å². The number of methoxy groups -OCH3 is 1. The van der Waals surface area contributed by atoms with E-state index in [1.807, 2.05) is 25.1 Å². The van der Waals surface area contributed by atoms with E-state index >= 15 is 0 Å². The summed E-state index contributed by atoms with van der Waals surface area (Å²) in [5.41, 5.74) is 1.05. The molecule has 2 unspecified atom stereocenters. The Morgan fingerprint density at radius 3 is 2.74 bits per heavy atom. The van der Waals surface area contributed by atoms with Gasteiger partial charge < -0.3 is 19.9 Å². The molecule has 5 heteroatoms. The van der Waals surface area contributed by atoms with Gasteiger partial charge in [0, 0.05) is 30.2 Å². The number of rotatable bonds is 8. The minimum Gasteiger partial charge on any atom is -0.488 e. The molecule has 0 amide bonds. The molecule has 0 spiro atoms. The maximum Gasteiger partial charge on any atom is 0.124 e. The minimum absolute atomic E-state index is 0.237. The van der Waals surface area contributed by atoms with Gasteiger partial charge in [-0.25, -0.2) is 0 Å². The van der Waals surface area contributed by atoms with Gasteiger partial charge in [-0.2, -0.15) is 0 Å². The molecule has 108 valence electrons. The van der Waals surface area contributed by atoms with Gasteiger partial charge in [-0.3, -0.25) is 0 Å². The molecule has 0 aromatic heterocycles. The summed E-state index contributed by atoms with van der Waals surface area (Å²) in [7, 11) is 1.68. The van der Waals surface area contributed by atoms with Gasteiger partial charge in [0.1, 0.15) is 11.9 Å². The summed E-state index contributed by atoms with van der Waals surface area (Å²) in [5.74, 6) is 0.793. The van der Waals surface area contributed by atoms with Crippen LogP contribution in [0.2, 0.25) is 0 Å². The number of hydrogen-bond donors (Lipinski definition) is 2. The van der Waals surface area contributed by atoms with E-state index in [0.29, 0.717) is 13.2 Å². The van der Waals surface area contributed by atoms with E-state index in [0.717, 1.165) is 22.3 Å². The largest absolute Gasteiger partial charge is 0.488 e. The summed E-state index contributed by atoms with van der Waals surface area (Å²) in [5, 5.41) is 12.8. The van der Waals surface area contributed by atoms with Crippen molar-refractivity contribution in [1.29, 1.82) is 0 Å². The van der Waals surface area contributed by atoms with Gasteiger partial charge in [-0.05, 0) is 32.0 Å². The molecule has 1 aromatic rings. The van der Waals surface area contributed by atoms with Crippen molar-refractivity contribution in [3.05, 3.63) is 28.2 Å². The number of aliphatic hydroxyl groups is 1. The Bertz CT molecular complexity index is 385. The fourth-order valence-corrected chi connectivity index (χ4v) is 1.91. The van der Waals surface area contributed by atoms with E-state index in [1.165, 1.54) is 0 Å². The van der Waals surface area contributed by atoms with Crippen LogP contribution in [0.4, 0.5) is 0 Å². The Hall–Kier alpha value is -0.620. The summed E-state index contributed by atoms with van der Waals surface area (Å²) in [6.07, 6.45) is -0.739. The molecular formula is C14H22BrNO3. The van der Waals surface area contributed by atoms with Crippen LogP contribution in [0.15, 0.2) is 22.7 Å². The molecule has 0 aliphatic heterocycles. The summed E-state index contributed by atoms with van der Waals surface area (Å²) in [4.78, 5) is 0. The smallest absolute Gasteiger partial charge is 0.124 e. The molecule has 0 saturated carbocycles. The van der Waals surface area contributed by atoms with Crippen LogP contribution in [0.5, 0.6) is 5.75 Å². The van der Waals surface area contributed by atoms with E-state index in [9.17, 15) is 5.11 Å². The molecule has 2 N–H and O–H groups in total. The number of benzene rings is 1. The summed E-state index contributed by atoms with van der Waals surface area (Å²) in [6.45, 7) is 5.74. The van der Waals surface area contributed by atoms with Crippen LogP contribution in [-0.4, -0.2) is 37.6 Å². The molecule has 0 fully saturated rings. The number of nitrogens with one attached hydrogen (secondary N) is 1. The third-order valence-electron chi connectivity index (χ3n) is 2.81. The lowest BCUT2D eigenvalue weighted by atomic mass is 10.2. The summed E-state index contributed by atoms with van der Waals surface area (Å²) >= 11 is 3.46. The fourth-order valence-electron chi connectivity index (χ4n) is 1.50. The van der Waals surface area contributed by atoms with Crippen LogP contribution >= 0.6 is 15.9 Å². The second kappa shape index (κ2) is 8.53. The van der Waals surface area contributed by atoms with Gasteiger partial charge >= 0.3 is 0 Å². The lowest BCUT2D eigenvalue weighted by molar-refractivity contribution is 0.0597. The van der Waals surface area contributed by atoms with Crippen molar-refractivity contribution in [2.45, 2.75) is 32.6 Å². The first-order valence-electron chi connectivity index (χ1n) is 6.37. The maximum absolute atomic E-state index is 9.51. The topological polar surface area (TPSA) is 50.7 Å². The van der Waals surface area contributed by atoms with Crippen molar-refractivity contribution in [3.63, 3.8) is 0 Å². The van der Waals surface area contributed by atoms with E-state index in [1.54, 1.807) is 14.0 Å². The predicted octanol–water partition coefficient (Wildman–Crippen LogP) is 2.33. The van der Waals surface area contributed by atoms with Crippen LogP contribution in [0.3, 0.4) is 0 Å². The molecule has 1 aromatic carbocycles. The van der Waals surface area contributed by atoms with Crippen molar-refractivity contribution in [2.75, 3.05) is 20.3 Å². The average molecular weight is 332 g/mol. The normalized spacial score (nSPS) is 14.2. The van der Waals surface area contributed by atoms with Crippen LogP contribution in [0.25, 0.3) is 0 Å². The SMILES string of the molecule is COCCNCc1cc(Br)ccc1OC(C)C(C)O. The Balaban J connectivity index is 2.68. The molecule has 0 radical (unpaired) electrons. The standard InChI is InChI=1S/C14H22BrNO3/c1-10(17)11(2)19-14-5-4-13(15)8-12(14)9-16-6-7-18-3/h4-5,8,10-11,16-17H,6-7,9H2,1-3H3. The predicted molar refractivity (Wildman–Crippen MR) is 79.5 cm³/mol. The van der Waals surface area contributed by atoms with Crippen LogP contribution in [-0.2, 0) is 11.3 Å². The zero-order valence-electron chi connectivity index (χ0n) is 11.6. The highest BCUT2D eigenvalue weighted by Gasteiger charge is 2.13. The summed E-state index contributed by atoms with van der Waals surface area (Å²) in [6, 6.07) is 5.86. The molecular weight excluding hydrogens is 310 g/mol. The first-order valence-corrected chi connectivity index (χ1v) is 7.16. The molecule has 0 heterocycles. The summed E-state index contributed by atoms with van der Waals surface area (Å²) < 4.78 is 11.8. The van der Waals surface area contributed by atoms with E-state index < -0.39 is 6.10 Å². The molecule has 0 aliphatic rings. The molecule has 19 heavy (non-hydrogen) atoms. The van der Waals surface area contributed by atoms with Crippen LogP contribution in [0, 0.1) is 0 Å². The van der Waals surface area contributed by atoms with Gasteiger partial charge in [0.05, 0.1) is 12.7 Å². The van der Waals surface area contributed by atoms with Crippen molar-refractivity contribution >= 4 is 15.9 Å². The monoisotopic (exact) mass is 331 g/mol. The third kappa shape index (κ3) is 5.91. The first-order chi connectivity index (χ1) is 9.04. The molecule has 1 rings (SSSR count). The van der Waals surface area contributed by atoms with Gasteiger partial charge in [0.25, 0.3) is 0 Å². The number of halogens is 1. The molecule has 0 saturated heterocycles. The molecule has 0 aliphatic carbocycles. The van der Waals surface area contributed by atoms with Gasteiger partial charge in [0.2, 0.25) is 0 Å². The average Bonchev–Trinajstić information content (AvgIpc) is 2.37. The fraction of sp³-hybridized carbons (Fsp3) is 0.571. The van der Waals surface area contributed by atoms with Crippen molar-refractivity contribution in [2.24, 2.45) is 0 Å². The van der Waals surface area contributed by atoms with Gasteiger partial charge in [-0.15, -0.1) is 0 Å². The van der Waals surface area contributed by atoms with E-state index in [-0.39, 0.29) is 6.10 Å². The van der Waals surface area contributed by atoms with Crippen molar-refractivity contribution < 1.29 is 14.6 Å². The number of ether oxygens (including phenoxy) is 2. The third-order valence-corrected chi connectivity index (χ3v) is 3.31. The second-order valence-electron chi connectivity index (χ2n) is 4.49. The Kier molecular flexibility index (Phi) is 7.38. The number of hydrogen-bond acceptors (Lipinski definition) is 4. The zero-order valence-corrected chi connectivity index (χ0v) is 13.2. The quantitative estimate of drug-likeness (QED) is 0.718. The van der Waals surface area contributed by atoms with Gasteiger partial charge in [0.15, 0.2) is 0 Å². The van der Waals surface area contributed by atoms with Crippen molar-refractivity contribution in [1.82, 2.24) is 5.32 Å². The lowest BCUT2D eigenvalue weighted by Gasteiger charge is -2.20. The Labute approximate surface area is 123 Å². The Morgan fingerprint density at radius 1 is 1.37 bits per heavy atom. The van der Waals surface area contributed by atoms with E-state index in [4.69, 9.17) is 9.47 Å². The highest BCUT2D eigenvalue weighted by Crippen LogP contribution is 2.24. The van der Waals surface area contributed by atoms with Crippen LogP contribution in [0.1, 0.15) is 19.4 Å². The zero-order chi connectivity index (χ0) is 14.3. The highest BCUT2D eigenvalue weighted by atomic mass is 79.9. The number of aliphatic hydroxyl groups excluding tert-OH is 1.